The van der Waals surface area contributed by atoms with Gasteiger partial charge in [-0.25, -0.2) is 0 Å². The number of rotatable bonds is 5. The normalized spacial score (nSPS) is 18.6. The second-order valence-electron chi connectivity index (χ2n) is 4.95. The highest BCUT2D eigenvalue weighted by Gasteiger charge is 2.29. The molecule has 0 bridgehead atoms. The molecule has 0 aromatic heterocycles. The number of fused-ring (bicyclic) bond motifs is 1. The van der Waals surface area contributed by atoms with Gasteiger partial charge in [-0.05, 0) is 26.0 Å². The van der Waals surface area contributed by atoms with E-state index in [9.17, 15) is 4.79 Å². The summed E-state index contributed by atoms with van der Waals surface area (Å²) >= 11 is 6.36. The number of halogens is 1. The number of ether oxygens (including phenoxy) is 1. The van der Waals surface area contributed by atoms with Gasteiger partial charge in [-0.15, -0.1) is 0 Å². The highest BCUT2D eigenvalue weighted by molar-refractivity contribution is 6.33. The van der Waals surface area contributed by atoms with Crippen LogP contribution in [0, 0.1) is 0 Å². The van der Waals surface area contributed by atoms with Crippen molar-refractivity contribution in [1.82, 2.24) is 0 Å². The van der Waals surface area contributed by atoms with Crippen LogP contribution in [0.1, 0.15) is 25.5 Å². The molecule has 1 aromatic carbocycles. The number of benzene rings is 1. The Kier molecular flexibility index (Phi) is 4.52. The van der Waals surface area contributed by atoms with Crippen molar-refractivity contribution in [3.8, 4) is 0 Å². The maximum absolute atomic E-state index is 11.6. The molecule has 0 spiro atoms. The third-order valence-corrected chi connectivity index (χ3v) is 3.89. The second kappa shape index (κ2) is 5.99. The summed E-state index contributed by atoms with van der Waals surface area (Å²) in [5.41, 5.74) is 8.19. The Balaban J connectivity index is 2.38. The summed E-state index contributed by atoms with van der Waals surface area (Å²) in [5.74, 6) is -0.193. The molecule has 0 radical (unpaired) electrons. The van der Waals surface area contributed by atoms with Crippen molar-refractivity contribution in [3.63, 3.8) is 0 Å². The molecular formula is C14H20ClN3O2. The Hall–Kier alpha value is -1.30. The number of nitrogens with two attached hydrogens (primary N) is 1. The molecule has 2 rings (SSSR count). The average Bonchev–Trinajstić information content (AvgIpc) is 2.67. The minimum atomic E-state index is -0.636. The lowest BCUT2D eigenvalue weighted by Crippen LogP contribution is -2.36. The predicted molar refractivity (Wildman–Crippen MR) is 81.4 cm³/mol. The molecule has 0 aliphatic carbocycles. The van der Waals surface area contributed by atoms with Crippen LogP contribution in [-0.4, -0.2) is 32.2 Å². The fourth-order valence-electron chi connectivity index (χ4n) is 2.57. The van der Waals surface area contributed by atoms with E-state index in [1.807, 2.05) is 6.07 Å². The molecule has 2 unspecified atom stereocenters. The zero-order chi connectivity index (χ0) is 14.9. The van der Waals surface area contributed by atoms with Crippen LogP contribution in [0.2, 0.25) is 5.02 Å². The van der Waals surface area contributed by atoms with Crippen LogP contribution < -0.4 is 16.0 Å². The van der Waals surface area contributed by atoms with Crippen molar-refractivity contribution in [2.45, 2.75) is 25.9 Å². The largest absolute Gasteiger partial charge is 0.383 e. The molecule has 1 aromatic rings. The predicted octanol–water partition coefficient (Wildman–Crippen LogP) is 2.15. The number of carbonyl (C=O) groups is 1. The smallest absolute Gasteiger partial charge is 0.245 e. The van der Waals surface area contributed by atoms with Crippen LogP contribution in [0.15, 0.2) is 12.1 Å². The van der Waals surface area contributed by atoms with Gasteiger partial charge in [0.25, 0.3) is 0 Å². The lowest BCUT2D eigenvalue weighted by Gasteiger charge is -2.31. The van der Waals surface area contributed by atoms with Gasteiger partial charge in [0, 0.05) is 30.9 Å². The van der Waals surface area contributed by atoms with Crippen LogP contribution in [0.3, 0.4) is 0 Å². The zero-order valence-corrected chi connectivity index (χ0v) is 12.7. The van der Waals surface area contributed by atoms with Gasteiger partial charge in [0.15, 0.2) is 0 Å². The number of amides is 1. The first kappa shape index (κ1) is 15.1. The summed E-state index contributed by atoms with van der Waals surface area (Å²) in [6, 6.07) is 3.21. The molecule has 3 N–H and O–H groups in total. The molecular weight excluding hydrogens is 278 g/mol. The number of carbonyl (C=O) groups excluding carboxylic acids is 1. The highest BCUT2D eigenvalue weighted by Crippen LogP contribution is 2.38. The summed E-state index contributed by atoms with van der Waals surface area (Å²) in [7, 11) is 1.67. The lowest BCUT2D eigenvalue weighted by molar-refractivity contribution is -0.116. The van der Waals surface area contributed by atoms with Gasteiger partial charge in [0.2, 0.25) is 5.91 Å². The highest BCUT2D eigenvalue weighted by atomic mass is 35.5. The number of hydrogen-bond donors (Lipinski definition) is 2. The Morgan fingerprint density at radius 1 is 1.55 bits per heavy atom. The second-order valence-corrected chi connectivity index (χ2v) is 5.36. The van der Waals surface area contributed by atoms with E-state index in [1.165, 1.54) is 0 Å². The van der Waals surface area contributed by atoms with Gasteiger partial charge in [-0.3, -0.25) is 4.79 Å². The van der Waals surface area contributed by atoms with Crippen LogP contribution >= 0.6 is 11.6 Å². The van der Waals surface area contributed by atoms with E-state index in [2.05, 4.69) is 24.1 Å². The third kappa shape index (κ3) is 2.61. The monoisotopic (exact) mass is 297 g/mol. The number of likely N-dealkylation sites (N-methyl/N-ethyl adjacent to an activating group) is 1. The molecule has 1 heterocycles. The van der Waals surface area contributed by atoms with Gasteiger partial charge in [0.1, 0.15) is 6.04 Å². The molecule has 0 saturated carbocycles. The molecule has 110 valence electrons. The van der Waals surface area contributed by atoms with E-state index in [4.69, 9.17) is 22.1 Å². The fourth-order valence-corrected chi connectivity index (χ4v) is 2.85. The third-order valence-electron chi connectivity index (χ3n) is 3.58. The number of nitrogens with zero attached hydrogens (tertiary/aromatic N) is 1. The van der Waals surface area contributed by atoms with Gasteiger partial charge >= 0.3 is 0 Å². The molecule has 1 aliphatic rings. The fraction of sp³-hybridized carbons (Fsp3) is 0.500. The van der Waals surface area contributed by atoms with Crippen LogP contribution in [0.5, 0.6) is 0 Å². The minimum Gasteiger partial charge on any atom is -0.383 e. The summed E-state index contributed by atoms with van der Waals surface area (Å²) in [6.07, 6.45) is 0. The summed E-state index contributed by atoms with van der Waals surface area (Å²) in [4.78, 5) is 13.8. The number of nitrogens with one attached hydrogen (secondary N) is 1. The lowest BCUT2D eigenvalue weighted by atomic mass is 10.1. The Labute approximate surface area is 124 Å². The first-order valence-corrected chi connectivity index (χ1v) is 7.02. The van der Waals surface area contributed by atoms with Crippen molar-refractivity contribution in [2.24, 2.45) is 5.73 Å². The van der Waals surface area contributed by atoms with Crippen molar-refractivity contribution in [3.05, 3.63) is 22.7 Å². The molecule has 6 heteroatoms. The van der Waals surface area contributed by atoms with Gasteiger partial charge in [-0.2, -0.15) is 0 Å². The van der Waals surface area contributed by atoms with Gasteiger partial charge < -0.3 is 20.7 Å². The van der Waals surface area contributed by atoms with E-state index in [-0.39, 0.29) is 11.9 Å². The van der Waals surface area contributed by atoms with Crippen LogP contribution in [-0.2, 0) is 9.53 Å². The van der Waals surface area contributed by atoms with Crippen molar-refractivity contribution in [1.29, 1.82) is 0 Å². The van der Waals surface area contributed by atoms with E-state index < -0.39 is 6.04 Å². The molecule has 5 nitrogen and oxygen atoms in total. The number of anilines is 2. The van der Waals surface area contributed by atoms with Crippen molar-refractivity contribution in [2.75, 3.05) is 30.5 Å². The van der Waals surface area contributed by atoms with E-state index in [1.54, 1.807) is 13.2 Å². The Bertz CT molecular complexity index is 521. The summed E-state index contributed by atoms with van der Waals surface area (Å²) in [5, 5.41) is 3.38. The van der Waals surface area contributed by atoms with Crippen molar-refractivity contribution < 1.29 is 9.53 Å². The van der Waals surface area contributed by atoms with Crippen LogP contribution in [0.25, 0.3) is 0 Å². The molecule has 20 heavy (non-hydrogen) atoms. The minimum absolute atomic E-state index is 0.186. The standard InChI is InChI=1S/C14H20ClN3O2/c1-4-18(8(2)7-20-3)12-6-11-9(5-10(12)15)13(16)14(19)17-11/h5-6,8,13H,4,7,16H2,1-3H3,(H,17,19). The number of methoxy groups -OCH3 is 1. The first-order chi connectivity index (χ1) is 9.49. The topological polar surface area (TPSA) is 67.6 Å². The van der Waals surface area contributed by atoms with E-state index in [0.717, 1.165) is 23.5 Å². The quantitative estimate of drug-likeness (QED) is 0.874. The summed E-state index contributed by atoms with van der Waals surface area (Å²) in [6.45, 7) is 5.52. The zero-order valence-electron chi connectivity index (χ0n) is 11.9. The molecule has 0 fully saturated rings. The van der Waals surface area contributed by atoms with Crippen molar-refractivity contribution >= 4 is 28.9 Å². The number of hydrogen-bond acceptors (Lipinski definition) is 4. The Morgan fingerprint density at radius 2 is 2.25 bits per heavy atom. The first-order valence-electron chi connectivity index (χ1n) is 6.65. The molecule has 1 amide bonds. The molecule has 1 aliphatic heterocycles. The molecule has 2 atom stereocenters. The summed E-state index contributed by atoms with van der Waals surface area (Å²) < 4.78 is 5.20. The SMILES string of the molecule is CCN(c1cc2c(cc1Cl)C(N)C(=O)N2)C(C)COC. The van der Waals surface area contributed by atoms with Gasteiger partial charge in [-0.1, -0.05) is 11.6 Å². The Morgan fingerprint density at radius 3 is 2.85 bits per heavy atom. The maximum atomic E-state index is 11.6. The van der Waals surface area contributed by atoms with E-state index >= 15 is 0 Å². The molecule has 0 saturated heterocycles. The van der Waals surface area contributed by atoms with Gasteiger partial charge in [0.05, 0.1) is 17.3 Å². The average molecular weight is 298 g/mol. The maximum Gasteiger partial charge on any atom is 0.245 e. The van der Waals surface area contributed by atoms with E-state index in [0.29, 0.717) is 11.6 Å². The van der Waals surface area contributed by atoms with Crippen LogP contribution in [0.4, 0.5) is 11.4 Å².